The van der Waals surface area contributed by atoms with Crippen LogP contribution in [-0.4, -0.2) is 35.4 Å². The number of hydrogen-bond acceptors (Lipinski definition) is 2. The van der Waals surface area contributed by atoms with E-state index in [1.165, 1.54) is 12.8 Å². The van der Waals surface area contributed by atoms with Gasteiger partial charge in [0.1, 0.15) is 0 Å². The Hall–Kier alpha value is -0.440. The summed E-state index contributed by atoms with van der Waals surface area (Å²) in [4.78, 5) is 13.7. The van der Waals surface area contributed by atoms with E-state index < -0.39 is 0 Å². The number of hydrogen-bond donors (Lipinski definition) is 0. The summed E-state index contributed by atoms with van der Waals surface area (Å²) < 4.78 is 0. The minimum Gasteiger partial charge on any atom is -0.338 e. The molecule has 1 amide bonds. The third-order valence-corrected chi connectivity index (χ3v) is 3.58. The van der Waals surface area contributed by atoms with E-state index >= 15 is 0 Å². The molecule has 1 unspecified atom stereocenters. The molecule has 1 saturated heterocycles. The second-order valence-corrected chi connectivity index (χ2v) is 5.29. The van der Waals surface area contributed by atoms with Gasteiger partial charge in [-0.15, -0.1) is 0 Å². The van der Waals surface area contributed by atoms with Crippen LogP contribution in [0.4, 0.5) is 0 Å². The molecule has 86 valence electrons. The van der Waals surface area contributed by atoms with Gasteiger partial charge in [0, 0.05) is 24.6 Å². The highest BCUT2D eigenvalue weighted by Gasteiger charge is 2.13. The molecular weight excluding hydrogens is 206 g/mol. The molecule has 0 aromatic carbocycles. The van der Waals surface area contributed by atoms with E-state index in [1.54, 1.807) is 6.08 Å². The highest BCUT2D eigenvalue weighted by molar-refractivity contribution is 7.99. The van der Waals surface area contributed by atoms with Crippen molar-refractivity contribution in [3.63, 3.8) is 0 Å². The number of rotatable bonds is 4. The van der Waals surface area contributed by atoms with Crippen LogP contribution in [0.1, 0.15) is 26.7 Å². The Morgan fingerprint density at radius 2 is 2.13 bits per heavy atom. The molecule has 1 aliphatic rings. The maximum absolute atomic E-state index is 11.7. The van der Waals surface area contributed by atoms with Crippen molar-refractivity contribution >= 4 is 17.7 Å². The van der Waals surface area contributed by atoms with Crippen LogP contribution in [0.15, 0.2) is 12.2 Å². The van der Waals surface area contributed by atoms with Crippen molar-refractivity contribution in [1.82, 2.24) is 4.90 Å². The van der Waals surface area contributed by atoms with Crippen LogP contribution in [0.25, 0.3) is 0 Å². The van der Waals surface area contributed by atoms with Crippen LogP contribution >= 0.6 is 11.8 Å². The minimum atomic E-state index is 0.193. The Labute approximate surface area is 97.1 Å². The zero-order valence-corrected chi connectivity index (χ0v) is 10.6. The summed E-state index contributed by atoms with van der Waals surface area (Å²) in [6.07, 6.45) is 6.16. The minimum absolute atomic E-state index is 0.193. The van der Waals surface area contributed by atoms with Gasteiger partial charge in [-0.1, -0.05) is 26.3 Å². The van der Waals surface area contributed by atoms with Crippen molar-refractivity contribution in [1.29, 1.82) is 0 Å². The molecule has 1 heterocycles. The fraction of sp³-hybridized carbons (Fsp3) is 0.750. The van der Waals surface area contributed by atoms with Crippen molar-refractivity contribution < 1.29 is 4.79 Å². The highest BCUT2D eigenvalue weighted by Crippen LogP contribution is 2.11. The maximum Gasteiger partial charge on any atom is 0.246 e. The molecule has 0 radical (unpaired) electrons. The van der Waals surface area contributed by atoms with Crippen molar-refractivity contribution in [3.8, 4) is 0 Å². The lowest BCUT2D eigenvalue weighted by Crippen LogP contribution is -2.36. The van der Waals surface area contributed by atoms with Crippen LogP contribution < -0.4 is 0 Å². The first-order valence-corrected chi connectivity index (χ1v) is 6.94. The Morgan fingerprint density at radius 3 is 2.73 bits per heavy atom. The molecule has 0 saturated carbocycles. The molecule has 0 bridgehead atoms. The molecule has 0 N–H and O–H groups in total. The molecule has 15 heavy (non-hydrogen) atoms. The van der Waals surface area contributed by atoms with Gasteiger partial charge in [0.2, 0.25) is 5.91 Å². The molecule has 2 nitrogen and oxygen atoms in total. The fourth-order valence-electron chi connectivity index (χ4n) is 1.69. The van der Waals surface area contributed by atoms with E-state index in [1.807, 2.05) is 22.7 Å². The first kappa shape index (κ1) is 12.6. The second-order valence-electron chi connectivity index (χ2n) is 4.06. The quantitative estimate of drug-likeness (QED) is 0.688. The molecular formula is C12H21NOS. The largest absolute Gasteiger partial charge is 0.338 e. The number of amides is 1. The summed E-state index contributed by atoms with van der Waals surface area (Å²) in [5.74, 6) is 2.89. The SMILES string of the molecule is CCCC(C)/C=C/C(=O)N1CCSCC1. The van der Waals surface area contributed by atoms with Crippen LogP contribution in [0.3, 0.4) is 0 Å². The number of thioether (sulfide) groups is 1. The third-order valence-electron chi connectivity index (χ3n) is 2.63. The summed E-state index contributed by atoms with van der Waals surface area (Å²) in [7, 11) is 0. The maximum atomic E-state index is 11.7. The molecule has 3 heteroatoms. The summed E-state index contributed by atoms with van der Waals surface area (Å²) in [5.41, 5.74) is 0. The van der Waals surface area contributed by atoms with E-state index in [9.17, 15) is 4.79 Å². The summed E-state index contributed by atoms with van der Waals surface area (Å²) in [6, 6.07) is 0. The molecule has 1 aliphatic heterocycles. The van der Waals surface area contributed by atoms with Crippen molar-refractivity contribution in [3.05, 3.63) is 12.2 Å². The highest BCUT2D eigenvalue weighted by atomic mass is 32.2. The van der Waals surface area contributed by atoms with Gasteiger partial charge in [-0.05, 0) is 18.4 Å². The van der Waals surface area contributed by atoms with E-state index in [0.29, 0.717) is 5.92 Å². The lowest BCUT2D eigenvalue weighted by atomic mass is 10.1. The van der Waals surface area contributed by atoms with Gasteiger partial charge in [0.05, 0.1) is 0 Å². The summed E-state index contributed by atoms with van der Waals surface area (Å²) in [6.45, 7) is 6.17. The number of allylic oxidation sites excluding steroid dienone is 1. The topological polar surface area (TPSA) is 20.3 Å². The molecule has 1 atom stereocenters. The Bertz CT molecular complexity index is 222. The van der Waals surface area contributed by atoms with Crippen molar-refractivity contribution in [2.24, 2.45) is 5.92 Å². The van der Waals surface area contributed by atoms with Crippen LogP contribution in [-0.2, 0) is 4.79 Å². The van der Waals surface area contributed by atoms with E-state index in [-0.39, 0.29) is 5.91 Å². The van der Waals surface area contributed by atoms with Crippen LogP contribution in [0.5, 0.6) is 0 Å². The van der Waals surface area contributed by atoms with E-state index in [0.717, 1.165) is 24.6 Å². The monoisotopic (exact) mass is 227 g/mol. The van der Waals surface area contributed by atoms with Gasteiger partial charge >= 0.3 is 0 Å². The van der Waals surface area contributed by atoms with Gasteiger partial charge < -0.3 is 4.90 Å². The standard InChI is InChI=1S/C12H21NOS/c1-3-4-11(2)5-6-12(14)13-7-9-15-10-8-13/h5-6,11H,3-4,7-10H2,1-2H3/b6-5+. The molecule has 0 aliphatic carbocycles. The smallest absolute Gasteiger partial charge is 0.246 e. The van der Waals surface area contributed by atoms with Crippen LogP contribution in [0, 0.1) is 5.92 Å². The van der Waals surface area contributed by atoms with Gasteiger partial charge in [-0.2, -0.15) is 11.8 Å². The molecule has 1 fully saturated rings. The lowest BCUT2D eigenvalue weighted by Gasteiger charge is -2.25. The average molecular weight is 227 g/mol. The number of carbonyl (C=O) groups is 1. The normalized spacial score (nSPS) is 19.5. The van der Waals surface area contributed by atoms with E-state index in [4.69, 9.17) is 0 Å². The average Bonchev–Trinajstić information content (AvgIpc) is 2.27. The summed E-state index contributed by atoms with van der Waals surface area (Å²) >= 11 is 1.93. The number of nitrogens with zero attached hydrogens (tertiary/aromatic N) is 1. The van der Waals surface area contributed by atoms with Crippen molar-refractivity contribution in [2.45, 2.75) is 26.7 Å². The molecule has 0 spiro atoms. The zero-order chi connectivity index (χ0) is 11.1. The van der Waals surface area contributed by atoms with Gasteiger partial charge in [-0.25, -0.2) is 0 Å². The van der Waals surface area contributed by atoms with E-state index in [2.05, 4.69) is 13.8 Å². The van der Waals surface area contributed by atoms with Crippen molar-refractivity contribution in [2.75, 3.05) is 24.6 Å². The number of carbonyl (C=O) groups excluding carboxylic acids is 1. The second kappa shape index (κ2) is 6.94. The van der Waals surface area contributed by atoms with Gasteiger partial charge in [-0.3, -0.25) is 4.79 Å². The van der Waals surface area contributed by atoms with Crippen LogP contribution in [0.2, 0.25) is 0 Å². The predicted octanol–water partition coefficient (Wildman–Crippen LogP) is 2.55. The Kier molecular flexibility index (Phi) is 5.84. The molecule has 0 aromatic heterocycles. The third kappa shape index (κ3) is 4.74. The lowest BCUT2D eigenvalue weighted by molar-refractivity contribution is -0.125. The Balaban J connectivity index is 2.33. The fourth-order valence-corrected chi connectivity index (χ4v) is 2.59. The first-order valence-electron chi connectivity index (χ1n) is 5.79. The first-order chi connectivity index (χ1) is 7.24. The predicted molar refractivity (Wildman–Crippen MR) is 67.1 cm³/mol. The molecule has 1 rings (SSSR count). The molecule has 0 aromatic rings. The zero-order valence-electron chi connectivity index (χ0n) is 9.74. The summed E-state index contributed by atoms with van der Waals surface area (Å²) in [5, 5.41) is 0. The van der Waals surface area contributed by atoms with Gasteiger partial charge in [0.25, 0.3) is 0 Å². The Morgan fingerprint density at radius 1 is 1.47 bits per heavy atom. The van der Waals surface area contributed by atoms with Gasteiger partial charge in [0.15, 0.2) is 0 Å².